The Morgan fingerprint density at radius 1 is 1.33 bits per heavy atom. The average Bonchev–Trinajstić information content (AvgIpc) is 2.41. The van der Waals surface area contributed by atoms with Gasteiger partial charge in [-0.3, -0.25) is 4.79 Å². The monoisotopic (exact) mass is 293 g/mol. The van der Waals surface area contributed by atoms with E-state index in [1.54, 1.807) is 11.0 Å². The van der Waals surface area contributed by atoms with E-state index in [-0.39, 0.29) is 22.7 Å². The first kappa shape index (κ1) is 15.6. The molecule has 0 spiro atoms. The molecule has 1 fully saturated rings. The Bertz CT molecular complexity index is 554. The second-order valence-electron chi connectivity index (χ2n) is 6.49. The van der Waals surface area contributed by atoms with Gasteiger partial charge in [-0.05, 0) is 24.0 Å². The maximum Gasteiger partial charge on any atom is 0.322 e. The summed E-state index contributed by atoms with van der Waals surface area (Å²) in [5.41, 5.74) is 0.987. The Balaban J connectivity index is 2.03. The van der Waals surface area contributed by atoms with Gasteiger partial charge >= 0.3 is 6.03 Å². The molecule has 1 aromatic heterocycles. The molecule has 2 amide bonds. The van der Waals surface area contributed by atoms with Crippen LogP contribution >= 0.6 is 0 Å². The summed E-state index contributed by atoms with van der Waals surface area (Å²) < 4.78 is 5.20. The molecule has 0 aliphatic carbocycles. The number of hydrogen-bond donors (Lipinski definition) is 2. The van der Waals surface area contributed by atoms with Crippen LogP contribution < -0.4 is 10.9 Å². The molecule has 1 saturated heterocycles. The highest BCUT2D eigenvalue weighted by molar-refractivity contribution is 5.89. The molecule has 0 unspecified atom stereocenters. The molecule has 6 nitrogen and oxygen atoms in total. The molecule has 0 aromatic carbocycles. The minimum atomic E-state index is -0.265. The van der Waals surface area contributed by atoms with Crippen LogP contribution in [0, 0.1) is 5.41 Å². The minimum absolute atomic E-state index is 0.0987. The van der Waals surface area contributed by atoms with E-state index in [4.69, 9.17) is 4.74 Å². The molecular formula is C15H23N3O3. The highest BCUT2D eigenvalue weighted by Gasteiger charge is 2.18. The van der Waals surface area contributed by atoms with Crippen molar-refractivity contribution in [1.29, 1.82) is 0 Å². The van der Waals surface area contributed by atoms with Gasteiger partial charge < -0.3 is 19.9 Å². The fraction of sp³-hybridized carbons (Fsp3) is 0.600. The van der Waals surface area contributed by atoms with Crippen molar-refractivity contribution in [3.05, 3.63) is 28.2 Å². The average molecular weight is 293 g/mol. The Hall–Kier alpha value is -1.82. The normalized spacial score (nSPS) is 15.9. The lowest BCUT2D eigenvalue weighted by atomic mass is 9.90. The lowest BCUT2D eigenvalue weighted by Gasteiger charge is -2.26. The van der Waals surface area contributed by atoms with E-state index in [1.165, 1.54) is 0 Å². The number of anilines is 1. The molecule has 2 rings (SSSR count). The van der Waals surface area contributed by atoms with E-state index in [1.807, 2.05) is 6.07 Å². The first-order valence-electron chi connectivity index (χ1n) is 7.21. The van der Waals surface area contributed by atoms with Crippen LogP contribution in [-0.4, -0.2) is 42.2 Å². The fourth-order valence-electron chi connectivity index (χ4n) is 2.25. The molecule has 0 radical (unpaired) electrons. The van der Waals surface area contributed by atoms with Gasteiger partial charge in [-0.25, -0.2) is 4.79 Å². The summed E-state index contributed by atoms with van der Waals surface area (Å²) in [5.74, 6) is 0. The second-order valence-corrected chi connectivity index (χ2v) is 6.49. The third-order valence-electron chi connectivity index (χ3n) is 3.23. The molecular weight excluding hydrogens is 270 g/mol. The number of nitrogens with zero attached hydrogens (tertiary/aromatic N) is 1. The summed E-state index contributed by atoms with van der Waals surface area (Å²) in [6, 6.07) is 3.26. The van der Waals surface area contributed by atoms with Crippen molar-refractivity contribution >= 4 is 11.7 Å². The molecule has 116 valence electrons. The van der Waals surface area contributed by atoms with Crippen molar-refractivity contribution < 1.29 is 9.53 Å². The molecule has 0 saturated carbocycles. The van der Waals surface area contributed by atoms with E-state index in [9.17, 15) is 9.59 Å². The number of morpholine rings is 1. The topological polar surface area (TPSA) is 74.4 Å². The van der Waals surface area contributed by atoms with E-state index < -0.39 is 0 Å². The van der Waals surface area contributed by atoms with Gasteiger partial charge in [-0.1, -0.05) is 20.8 Å². The number of pyridine rings is 1. The third kappa shape index (κ3) is 4.60. The van der Waals surface area contributed by atoms with Crippen LogP contribution in [0.15, 0.2) is 16.9 Å². The Kier molecular flexibility index (Phi) is 4.67. The molecule has 1 aliphatic heterocycles. The van der Waals surface area contributed by atoms with Crippen molar-refractivity contribution in [1.82, 2.24) is 9.88 Å². The Morgan fingerprint density at radius 3 is 2.57 bits per heavy atom. The summed E-state index contributed by atoms with van der Waals surface area (Å²) in [7, 11) is 0. The van der Waals surface area contributed by atoms with E-state index >= 15 is 0 Å². The molecule has 21 heavy (non-hydrogen) atoms. The number of carbonyl (C=O) groups is 1. The van der Waals surface area contributed by atoms with Gasteiger partial charge in [-0.2, -0.15) is 0 Å². The van der Waals surface area contributed by atoms with Gasteiger partial charge in [-0.15, -0.1) is 0 Å². The zero-order chi connectivity index (χ0) is 15.5. The smallest absolute Gasteiger partial charge is 0.322 e. The van der Waals surface area contributed by atoms with Crippen LogP contribution in [0.1, 0.15) is 26.5 Å². The lowest BCUT2D eigenvalue weighted by molar-refractivity contribution is 0.0564. The van der Waals surface area contributed by atoms with Crippen molar-refractivity contribution in [2.75, 3.05) is 31.6 Å². The number of ether oxygens (including phenoxy) is 1. The highest BCUT2D eigenvalue weighted by Crippen LogP contribution is 2.19. The number of amides is 2. The minimum Gasteiger partial charge on any atom is -0.378 e. The number of aromatic nitrogens is 1. The highest BCUT2D eigenvalue weighted by atomic mass is 16.5. The number of aromatic amines is 1. The van der Waals surface area contributed by atoms with Crippen LogP contribution in [0.4, 0.5) is 10.5 Å². The predicted molar refractivity (Wildman–Crippen MR) is 81.6 cm³/mol. The van der Waals surface area contributed by atoms with Gasteiger partial charge in [0, 0.05) is 18.8 Å². The molecule has 0 atom stereocenters. The summed E-state index contributed by atoms with van der Waals surface area (Å²) in [4.78, 5) is 28.5. The van der Waals surface area contributed by atoms with Crippen molar-refractivity contribution in [2.24, 2.45) is 5.41 Å². The molecule has 1 aliphatic rings. The summed E-state index contributed by atoms with van der Waals surface area (Å²) in [6.45, 7) is 8.50. The maximum atomic E-state index is 12.0. The van der Waals surface area contributed by atoms with Gasteiger partial charge in [0.05, 0.1) is 13.2 Å². The number of rotatable bonds is 2. The molecule has 2 heterocycles. The molecule has 6 heteroatoms. The summed E-state index contributed by atoms with van der Waals surface area (Å²) in [5, 5.41) is 2.66. The van der Waals surface area contributed by atoms with Crippen LogP contribution in [-0.2, 0) is 11.2 Å². The van der Waals surface area contributed by atoms with Crippen LogP contribution in [0.3, 0.4) is 0 Å². The van der Waals surface area contributed by atoms with E-state index in [0.717, 1.165) is 12.1 Å². The van der Waals surface area contributed by atoms with Gasteiger partial charge in [0.25, 0.3) is 5.56 Å². The number of H-pyrrole nitrogens is 1. The largest absolute Gasteiger partial charge is 0.378 e. The van der Waals surface area contributed by atoms with Crippen LogP contribution in [0.2, 0.25) is 0 Å². The summed E-state index contributed by atoms with van der Waals surface area (Å²) in [6.07, 6.45) is 0.778. The quantitative estimate of drug-likeness (QED) is 0.873. The third-order valence-corrected chi connectivity index (χ3v) is 3.23. The van der Waals surface area contributed by atoms with Gasteiger partial charge in [0.1, 0.15) is 5.69 Å². The van der Waals surface area contributed by atoms with Crippen LogP contribution in [0.5, 0.6) is 0 Å². The molecule has 1 aromatic rings. The second kappa shape index (κ2) is 6.30. The van der Waals surface area contributed by atoms with Crippen molar-refractivity contribution in [2.45, 2.75) is 27.2 Å². The number of hydrogen-bond acceptors (Lipinski definition) is 3. The van der Waals surface area contributed by atoms with Gasteiger partial charge in [0.2, 0.25) is 0 Å². The lowest BCUT2D eigenvalue weighted by Crippen LogP contribution is -2.43. The van der Waals surface area contributed by atoms with E-state index in [2.05, 4.69) is 31.1 Å². The van der Waals surface area contributed by atoms with Crippen molar-refractivity contribution in [3.8, 4) is 0 Å². The fourth-order valence-corrected chi connectivity index (χ4v) is 2.25. The van der Waals surface area contributed by atoms with Crippen molar-refractivity contribution in [3.63, 3.8) is 0 Å². The first-order valence-corrected chi connectivity index (χ1v) is 7.21. The molecule has 0 bridgehead atoms. The Labute approximate surface area is 124 Å². The zero-order valence-electron chi connectivity index (χ0n) is 12.9. The number of urea groups is 1. The standard InChI is InChI=1S/C15H23N3O3/c1-15(2,3)10-11-4-5-12(13(19)16-11)17-14(20)18-6-8-21-9-7-18/h4-5H,6-10H2,1-3H3,(H,16,19)(H,17,20). The predicted octanol–water partition coefficient (Wildman–Crippen LogP) is 1.83. The Morgan fingerprint density at radius 2 is 2.00 bits per heavy atom. The maximum absolute atomic E-state index is 12.0. The van der Waals surface area contributed by atoms with E-state index in [0.29, 0.717) is 26.3 Å². The van der Waals surface area contributed by atoms with Crippen LogP contribution in [0.25, 0.3) is 0 Å². The zero-order valence-corrected chi connectivity index (χ0v) is 12.9. The SMILES string of the molecule is CC(C)(C)Cc1ccc(NC(=O)N2CCOCC2)c(=O)[nH]1. The summed E-state index contributed by atoms with van der Waals surface area (Å²) >= 11 is 0. The number of carbonyl (C=O) groups excluding carboxylic acids is 1. The molecule has 2 N–H and O–H groups in total. The first-order chi connectivity index (χ1) is 9.85. The van der Waals surface area contributed by atoms with Gasteiger partial charge in [0.15, 0.2) is 0 Å². The number of nitrogens with one attached hydrogen (secondary N) is 2.